The number of fused-ring (bicyclic) bond motifs is 1. The van der Waals surface area contributed by atoms with Gasteiger partial charge in [-0.3, -0.25) is 19.1 Å². The first-order valence-corrected chi connectivity index (χ1v) is 12.8. The van der Waals surface area contributed by atoms with E-state index in [1.807, 2.05) is 84.6 Å². The Hall–Kier alpha value is -3.97. The number of rotatable bonds is 8. The van der Waals surface area contributed by atoms with Gasteiger partial charge in [0.15, 0.2) is 0 Å². The standard InChI is InChI=1S/C30H32N4O3/c1-23-11-13-24(14-12-23)34-28(31-27-10-6-5-9-26(27)30(34)36)15-16-29(35)33-19-17-32(18-20-33)21-22-37-25-7-3-2-4-8-25/h2-14H,15-22H2,1H3. The molecule has 1 fully saturated rings. The molecule has 0 unspecified atom stereocenters. The van der Waals surface area contributed by atoms with E-state index in [1.54, 1.807) is 10.6 Å². The van der Waals surface area contributed by atoms with Crippen LogP contribution < -0.4 is 10.3 Å². The van der Waals surface area contributed by atoms with Crippen LogP contribution in [-0.2, 0) is 11.2 Å². The van der Waals surface area contributed by atoms with Gasteiger partial charge in [0.1, 0.15) is 18.2 Å². The molecule has 0 spiro atoms. The van der Waals surface area contributed by atoms with Crippen molar-refractivity contribution in [3.05, 3.63) is 101 Å². The number of carbonyl (C=O) groups excluding carboxylic acids is 1. The summed E-state index contributed by atoms with van der Waals surface area (Å²) in [4.78, 5) is 35.5. The highest BCUT2D eigenvalue weighted by atomic mass is 16.5. The fourth-order valence-electron chi connectivity index (χ4n) is 4.71. The maximum atomic E-state index is 13.4. The lowest BCUT2D eigenvalue weighted by Crippen LogP contribution is -2.49. The Morgan fingerprint density at radius 1 is 0.892 bits per heavy atom. The molecule has 0 aliphatic carbocycles. The van der Waals surface area contributed by atoms with Gasteiger partial charge < -0.3 is 9.64 Å². The molecule has 7 heteroatoms. The third-order valence-corrected chi connectivity index (χ3v) is 6.84. The van der Waals surface area contributed by atoms with Crippen molar-refractivity contribution in [1.29, 1.82) is 0 Å². The van der Waals surface area contributed by atoms with Crippen molar-refractivity contribution in [3.8, 4) is 11.4 Å². The van der Waals surface area contributed by atoms with E-state index in [9.17, 15) is 9.59 Å². The topological polar surface area (TPSA) is 67.7 Å². The normalized spacial score (nSPS) is 14.1. The van der Waals surface area contributed by atoms with Gasteiger partial charge in [0.2, 0.25) is 5.91 Å². The Morgan fingerprint density at radius 2 is 1.59 bits per heavy atom. The Bertz CT molecular complexity index is 1410. The number of ether oxygens (including phenoxy) is 1. The number of nitrogens with zero attached hydrogens (tertiary/aromatic N) is 4. The zero-order valence-electron chi connectivity index (χ0n) is 21.2. The van der Waals surface area contributed by atoms with Gasteiger partial charge in [0.25, 0.3) is 5.56 Å². The molecule has 0 radical (unpaired) electrons. The minimum absolute atomic E-state index is 0.0954. The molecule has 1 aliphatic rings. The molecule has 1 aromatic heterocycles. The second kappa shape index (κ2) is 11.4. The number of amides is 1. The quantitative estimate of drug-likeness (QED) is 0.371. The van der Waals surface area contributed by atoms with E-state index in [1.165, 1.54) is 0 Å². The van der Waals surface area contributed by atoms with Crippen LogP contribution in [0.25, 0.3) is 16.6 Å². The average Bonchev–Trinajstić information content (AvgIpc) is 2.93. The summed E-state index contributed by atoms with van der Waals surface area (Å²) < 4.78 is 7.46. The molecule has 3 aromatic carbocycles. The van der Waals surface area contributed by atoms with Crippen molar-refractivity contribution in [2.75, 3.05) is 39.3 Å². The molecule has 0 saturated carbocycles. The number of benzene rings is 3. The summed E-state index contributed by atoms with van der Waals surface area (Å²) >= 11 is 0. The molecule has 4 aromatic rings. The van der Waals surface area contributed by atoms with Crippen LogP contribution in [0.15, 0.2) is 83.7 Å². The first-order chi connectivity index (χ1) is 18.1. The lowest BCUT2D eigenvalue weighted by atomic mass is 10.1. The van der Waals surface area contributed by atoms with Crippen LogP contribution in [0.2, 0.25) is 0 Å². The Balaban J connectivity index is 1.21. The van der Waals surface area contributed by atoms with Crippen LogP contribution >= 0.6 is 0 Å². The minimum Gasteiger partial charge on any atom is -0.492 e. The lowest BCUT2D eigenvalue weighted by molar-refractivity contribution is -0.133. The molecule has 0 N–H and O–H groups in total. The largest absolute Gasteiger partial charge is 0.492 e. The third kappa shape index (κ3) is 5.89. The highest BCUT2D eigenvalue weighted by Crippen LogP contribution is 2.16. The number of para-hydroxylation sites is 2. The smallest absolute Gasteiger partial charge is 0.265 e. The summed E-state index contributed by atoms with van der Waals surface area (Å²) in [7, 11) is 0. The van der Waals surface area contributed by atoms with Crippen molar-refractivity contribution in [2.24, 2.45) is 0 Å². The molecule has 37 heavy (non-hydrogen) atoms. The molecule has 2 heterocycles. The van der Waals surface area contributed by atoms with Gasteiger partial charge in [-0.25, -0.2) is 4.98 Å². The van der Waals surface area contributed by atoms with E-state index in [0.717, 1.165) is 36.6 Å². The lowest BCUT2D eigenvalue weighted by Gasteiger charge is -2.34. The zero-order chi connectivity index (χ0) is 25.6. The van der Waals surface area contributed by atoms with Crippen LogP contribution in [0.1, 0.15) is 17.8 Å². The molecular weight excluding hydrogens is 464 g/mol. The maximum Gasteiger partial charge on any atom is 0.265 e. The molecule has 0 atom stereocenters. The monoisotopic (exact) mass is 496 g/mol. The van der Waals surface area contributed by atoms with Crippen LogP contribution in [-0.4, -0.2) is 64.6 Å². The van der Waals surface area contributed by atoms with E-state index in [2.05, 4.69) is 4.90 Å². The van der Waals surface area contributed by atoms with E-state index < -0.39 is 0 Å². The molecular formula is C30H32N4O3. The minimum atomic E-state index is -0.108. The first-order valence-electron chi connectivity index (χ1n) is 12.8. The van der Waals surface area contributed by atoms with Crippen molar-refractivity contribution < 1.29 is 9.53 Å². The maximum absolute atomic E-state index is 13.4. The highest BCUT2D eigenvalue weighted by Gasteiger charge is 2.22. The fourth-order valence-corrected chi connectivity index (χ4v) is 4.71. The fraction of sp³-hybridized carbons (Fsp3) is 0.300. The van der Waals surface area contributed by atoms with Gasteiger partial charge in [-0.05, 0) is 43.3 Å². The molecule has 0 bridgehead atoms. The predicted octanol–water partition coefficient (Wildman–Crippen LogP) is 3.85. The number of piperazine rings is 1. The number of aryl methyl sites for hydroxylation is 2. The van der Waals surface area contributed by atoms with E-state index in [4.69, 9.17) is 9.72 Å². The van der Waals surface area contributed by atoms with Crippen LogP contribution in [0.5, 0.6) is 5.75 Å². The van der Waals surface area contributed by atoms with Crippen molar-refractivity contribution in [2.45, 2.75) is 19.8 Å². The zero-order valence-corrected chi connectivity index (χ0v) is 21.2. The molecule has 1 aliphatic heterocycles. The SMILES string of the molecule is Cc1ccc(-n2c(CCC(=O)N3CCN(CCOc4ccccc4)CC3)nc3ccccc3c2=O)cc1. The van der Waals surface area contributed by atoms with Gasteiger partial charge in [0, 0.05) is 45.6 Å². The second-order valence-electron chi connectivity index (χ2n) is 9.41. The van der Waals surface area contributed by atoms with Crippen LogP contribution in [0.3, 0.4) is 0 Å². The number of carbonyl (C=O) groups is 1. The number of hydrogen-bond acceptors (Lipinski definition) is 5. The third-order valence-electron chi connectivity index (χ3n) is 6.84. The summed E-state index contributed by atoms with van der Waals surface area (Å²) in [6.45, 7) is 6.52. The highest BCUT2D eigenvalue weighted by molar-refractivity contribution is 5.78. The van der Waals surface area contributed by atoms with E-state index in [-0.39, 0.29) is 11.5 Å². The number of aromatic nitrogens is 2. The second-order valence-corrected chi connectivity index (χ2v) is 9.41. The summed E-state index contributed by atoms with van der Waals surface area (Å²) in [5.74, 6) is 1.58. The van der Waals surface area contributed by atoms with Crippen molar-refractivity contribution >= 4 is 16.8 Å². The van der Waals surface area contributed by atoms with E-state index >= 15 is 0 Å². The Labute approximate surface area is 216 Å². The van der Waals surface area contributed by atoms with E-state index in [0.29, 0.717) is 49.3 Å². The van der Waals surface area contributed by atoms with Gasteiger partial charge in [-0.15, -0.1) is 0 Å². The summed E-state index contributed by atoms with van der Waals surface area (Å²) in [6, 6.07) is 25.0. The molecule has 5 rings (SSSR count). The summed E-state index contributed by atoms with van der Waals surface area (Å²) in [5.41, 5.74) is 2.43. The molecule has 190 valence electrons. The van der Waals surface area contributed by atoms with Gasteiger partial charge >= 0.3 is 0 Å². The van der Waals surface area contributed by atoms with Gasteiger partial charge in [-0.2, -0.15) is 0 Å². The van der Waals surface area contributed by atoms with Crippen molar-refractivity contribution in [1.82, 2.24) is 19.4 Å². The van der Waals surface area contributed by atoms with Gasteiger partial charge in [0.05, 0.1) is 16.6 Å². The number of hydrogen-bond donors (Lipinski definition) is 0. The summed E-state index contributed by atoms with van der Waals surface area (Å²) in [6.07, 6.45) is 0.714. The average molecular weight is 497 g/mol. The first kappa shape index (κ1) is 24.7. The van der Waals surface area contributed by atoms with Crippen molar-refractivity contribution in [3.63, 3.8) is 0 Å². The summed E-state index contributed by atoms with van der Waals surface area (Å²) in [5, 5.41) is 0.575. The predicted molar refractivity (Wildman–Crippen MR) is 145 cm³/mol. The molecule has 1 saturated heterocycles. The molecule has 1 amide bonds. The molecule has 7 nitrogen and oxygen atoms in total. The van der Waals surface area contributed by atoms with Crippen LogP contribution in [0, 0.1) is 6.92 Å². The van der Waals surface area contributed by atoms with Crippen LogP contribution in [0.4, 0.5) is 0 Å². The Kier molecular flexibility index (Phi) is 7.61. The van der Waals surface area contributed by atoms with Gasteiger partial charge in [-0.1, -0.05) is 48.0 Å². The Morgan fingerprint density at radius 3 is 2.35 bits per heavy atom.